The zero-order valence-electron chi connectivity index (χ0n) is 17.8. The number of rotatable bonds is 1. The Morgan fingerprint density at radius 2 is 1.84 bits per heavy atom. The number of nitrogens with zero attached hydrogens (tertiary/aromatic N) is 3. The molecule has 5 rings (SSSR count). The molecule has 1 fully saturated rings. The van der Waals surface area contributed by atoms with Gasteiger partial charge in [-0.3, -0.25) is 9.69 Å². The molecule has 158 valence electrons. The lowest BCUT2D eigenvalue weighted by Crippen LogP contribution is -2.52. The van der Waals surface area contributed by atoms with E-state index in [1.807, 2.05) is 30.3 Å². The van der Waals surface area contributed by atoms with E-state index in [1.54, 1.807) is 20.0 Å². The fourth-order valence-corrected chi connectivity index (χ4v) is 5.73. The third-order valence-electron chi connectivity index (χ3n) is 7.59. The van der Waals surface area contributed by atoms with Crippen molar-refractivity contribution < 1.29 is 9.18 Å². The Morgan fingerprint density at radius 3 is 2.48 bits per heavy atom. The van der Waals surface area contributed by atoms with Gasteiger partial charge in [0.15, 0.2) is 17.2 Å². The van der Waals surface area contributed by atoms with E-state index in [0.29, 0.717) is 37.8 Å². The summed E-state index contributed by atoms with van der Waals surface area (Å²) >= 11 is 0. The summed E-state index contributed by atoms with van der Waals surface area (Å²) in [5.74, 6) is 0.0875. The van der Waals surface area contributed by atoms with Gasteiger partial charge in [0.2, 0.25) is 0 Å². The molecule has 1 unspecified atom stereocenters. The van der Waals surface area contributed by atoms with Crippen LogP contribution < -0.4 is 5.73 Å². The Labute approximate surface area is 181 Å². The summed E-state index contributed by atoms with van der Waals surface area (Å²) in [6.07, 6.45) is 2.70. The first kappa shape index (κ1) is 19.7. The molecule has 2 aromatic rings. The third kappa shape index (κ3) is 2.65. The molecule has 2 N–H and O–H groups in total. The van der Waals surface area contributed by atoms with Crippen LogP contribution in [-0.2, 0) is 16.8 Å². The monoisotopic (exact) mass is 416 g/mol. The van der Waals surface area contributed by atoms with Gasteiger partial charge in [0, 0.05) is 12.5 Å². The highest BCUT2D eigenvalue weighted by atomic mass is 19.1. The summed E-state index contributed by atoms with van der Waals surface area (Å²) in [4.78, 5) is 23.5. The van der Waals surface area contributed by atoms with Crippen molar-refractivity contribution in [2.75, 3.05) is 7.05 Å². The van der Waals surface area contributed by atoms with Crippen molar-refractivity contribution in [2.24, 2.45) is 16.1 Å². The van der Waals surface area contributed by atoms with E-state index in [9.17, 15) is 9.18 Å². The molecule has 3 aliphatic rings. The van der Waals surface area contributed by atoms with E-state index in [0.717, 1.165) is 22.3 Å². The van der Waals surface area contributed by atoms with E-state index >= 15 is 0 Å². The van der Waals surface area contributed by atoms with Crippen LogP contribution in [0.25, 0.3) is 16.0 Å². The predicted octanol–water partition coefficient (Wildman–Crippen LogP) is 4.73. The van der Waals surface area contributed by atoms with Gasteiger partial charge in [-0.15, -0.1) is 0 Å². The van der Waals surface area contributed by atoms with Gasteiger partial charge >= 0.3 is 0 Å². The number of carbonyl (C=O) groups is 1. The quantitative estimate of drug-likeness (QED) is 0.683. The molecular weight excluding hydrogens is 391 g/mol. The number of aliphatic imine (C=N–C) groups is 1. The SMILES string of the molecule is [C-]#[N+]c1cccc(-c2ccc3c(c2)C2(N=C(N)N(C)C2=O)C2(CCC(C)(F)CC2)C3)c1. The molecule has 1 heterocycles. The van der Waals surface area contributed by atoms with Crippen molar-refractivity contribution in [2.45, 2.75) is 50.2 Å². The van der Waals surface area contributed by atoms with Crippen LogP contribution >= 0.6 is 0 Å². The van der Waals surface area contributed by atoms with Gasteiger partial charge in [0.1, 0.15) is 5.67 Å². The summed E-state index contributed by atoms with van der Waals surface area (Å²) < 4.78 is 14.7. The zero-order valence-corrected chi connectivity index (χ0v) is 17.8. The number of carbonyl (C=O) groups excluding carboxylic acids is 1. The molecule has 2 aliphatic carbocycles. The molecule has 1 saturated carbocycles. The first-order valence-electron chi connectivity index (χ1n) is 10.7. The molecule has 5 nitrogen and oxygen atoms in total. The van der Waals surface area contributed by atoms with Gasteiger partial charge in [-0.1, -0.05) is 30.3 Å². The summed E-state index contributed by atoms with van der Waals surface area (Å²) in [5.41, 5.74) is 7.74. The van der Waals surface area contributed by atoms with Crippen molar-refractivity contribution in [3.8, 4) is 11.1 Å². The van der Waals surface area contributed by atoms with Crippen molar-refractivity contribution in [1.29, 1.82) is 0 Å². The van der Waals surface area contributed by atoms with Gasteiger partial charge in [0.05, 0.1) is 6.57 Å². The first-order chi connectivity index (χ1) is 14.7. The van der Waals surface area contributed by atoms with Crippen LogP contribution in [0.2, 0.25) is 0 Å². The number of benzene rings is 2. The Balaban J connectivity index is 1.69. The summed E-state index contributed by atoms with van der Waals surface area (Å²) in [6, 6.07) is 13.6. The topological polar surface area (TPSA) is 63.0 Å². The lowest BCUT2D eigenvalue weighted by atomic mass is 9.59. The molecule has 0 bridgehead atoms. The van der Waals surface area contributed by atoms with Crippen molar-refractivity contribution in [3.05, 3.63) is 65.0 Å². The largest absolute Gasteiger partial charge is 0.369 e. The third-order valence-corrected chi connectivity index (χ3v) is 7.59. The van der Waals surface area contributed by atoms with Crippen LogP contribution in [0.1, 0.15) is 43.7 Å². The van der Waals surface area contributed by atoms with E-state index in [4.69, 9.17) is 17.3 Å². The minimum atomic E-state index is -1.21. The number of guanidine groups is 1. The molecule has 0 saturated heterocycles. The molecule has 1 amide bonds. The molecule has 6 heteroatoms. The van der Waals surface area contributed by atoms with Crippen LogP contribution in [0.5, 0.6) is 0 Å². The van der Waals surface area contributed by atoms with E-state index in [-0.39, 0.29) is 11.9 Å². The fourth-order valence-electron chi connectivity index (χ4n) is 5.73. The first-order valence-corrected chi connectivity index (χ1v) is 10.7. The van der Waals surface area contributed by atoms with Crippen LogP contribution in [0.15, 0.2) is 47.5 Å². The number of hydrogen-bond acceptors (Lipinski definition) is 3. The average molecular weight is 417 g/mol. The Hall–Kier alpha value is -3.20. The Bertz CT molecular complexity index is 1170. The van der Waals surface area contributed by atoms with Crippen molar-refractivity contribution in [3.63, 3.8) is 0 Å². The van der Waals surface area contributed by atoms with E-state index < -0.39 is 16.6 Å². The minimum Gasteiger partial charge on any atom is -0.369 e. The zero-order chi connectivity index (χ0) is 22.0. The molecule has 0 radical (unpaired) electrons. The highest BCUT2D eigenvalue weighted by Crippen LogP contribution is 2.63. The van der Waals surface area contributed by atoms with E-state index in [2.05, 4.69) is 10.9 Å². The average Bonchev–Trinajstić information content (AvgIpc) is 3.17. The van der Waals surface area contributed by atoms with E-state index in [1.165, 1.54) is 4.90 Å². The number of likely N-dealkylation sites (N-methyl/N-ethyl adjacent to an activating group) is 1. The van der Waals surface area contributed by atoms with Gasteiger partial charge in [-0.05, 0) is 73.4 Å². The van der Waals surface area contributed by atoms with Gasteiger partial charge in [0.25, 0.3) is 5.91 Å². The van der Waals surface area contributed by atoms with Gasteiger partial charge < -0.3 is 5.73 Å². The summed E-state index contributed by atoms with van der Waals surface area (Å²) in [7, 11) is 1.66. The minimum absolute atomic E-state index is 0.127. The maximum absolute atomic E-state index is 14.7. The number of fused-ring (bicyclic) bond motifs is 3. The molecule has 1 atom stereocenters. The smallest absolute Gasteiger partial charge is 0.262 e. The maximum Gasteiger partial charge on any atom is 0.262 e. The molecule has 0 aromatic heterocycles. The van der Waals surface area contributed by atoms with Gasteiger partial charge in [-0.25, -0.2) is 14.2 Å². The second-order valence-electron chi connectivity index (χ2n) is 9.45. The Kier molecular flexibility index (Phi) is 4.08. The second-order valence-corrected chi connectivity index (χ2v) is 9.45. The van der Waals surface area contributed by atoms with Crippen LogP contribution in [0, 0.1) is 12.0 Å². The fraction of sp³-hybridized carbons (Fsp3) is 0.400. The van der Waals surface area contributed by atoms with Crippen LogP contribution in [-0.4, -0.2) is 29.5 Å². The predicted molar refractivity (Wildman–Crippen MR) is 118 cm³/mol. The molecule has 2 spiro atoms. The molecule has 2 aromatic carbocycles. The van der Waals surface area contributed by atoms with Crippen molar-refractivity contribution >= 4 is 17.6 Å². The molecule has 1 aliphatic heterocycles. The van der Waals surface area contributed by atoms with Crippen LogP contribution in [0.3, 0.4) is 0 Å². The molecular formula is C25H25FN4O. The number of amides is 1. The summed E-state index contributed by atoms with van der Waals surface area (Å²) in [5, 5.41) is 0. The second kappa shape index (κ2) is 6.40. The van der Waals surface area contributed by atoms with Gasteiger partial charge in [-0.2, -0.15) is 0 Å². The maximum atomic E-state index is 14.7. The number of nitrogens with two attached hydrogens (primary N) is 1. The number of hydrogen-bond donors (Lipinski definition) is 1. The normalized spacial score (nSPS) is 31.7. The lowest BCUT2D eigenvalue weighted by Gasteiger charge is -2.46. The highest BCUT2D eigenvalue weighted by Gasteiger charge is 2.66. The van der Waals surface area contributed by atoms with Crippen LogP contribution in [0.4, 0.5) is 10.1 Å². The highest BCUT2D eigenvalue weighted by molar-refractivity contribution is 6.08. The summed E-state index contributed by atoms with van der Waals surface area (Å²) in [6.45, 7) is 8.95. The standard InChI is InChI=1S/C25H25FN4O/c1-23(26)9-11-24(12-10-23)15-18-8-7-17(16-5-4-6-19(13-16)28-2)14-20(18)25(24)21(31)30(3)22(27)29-25/h4-8,13-14H,9-12,15H2,1,3H3,(H2,27,29). The molecule has 31 heavy (non-hydrogen) atoms. The van der Waals surface area contributed by atoms with Crippen molar-refractivity contribution in [1.82, 2.24) is 4.90 Å². The lowest BCUT2D eigenvalue weighted by molar-refractivity contribution is -0.137. The number of alkyl halides is 1. The number of halogens is 1. The Morgan fingerprint density at radius 1 is 1.13 bits per heavy atom.